The molecule has 0 radical (unpaired) electrons. The van der Waals surface area contributed by atoms with E-state index in [0.717, 1.165) is 31.7 Å². The van der Waals surface area contributed by atoms with E-state index in [1.807, 2.05) is 24.3 Å². The number of hydrogen-bond acceptors (Lipinski definition) is 4. The summed E-state index contributed by atoms with van der Waals surface area (Å²) in [5.74, 6) is 0.747. The van der Waals surface area contributed by atoms with Crippen molar-refractivity contribution in [3.8, 4) is 11.5 Å². The third-order valence-electron chi connectivity index (χ3n) is 5.35. The standard InChI is InChI=1S/C24H26N2O2/c1-28-22-14-8-13-21(23(22)27)24-25(17-19-9-4-2-5-10-19)15-16-26(24)18-20-11-6-3-7-12-20/h2-14,24,27H,15-18H2,1H3. The lowest BCUT2D eigenvalue weighted by Crippen LogP contribution is -2.30. The molecular formula is C24H26N2O2. The van der Waals surface area contributed by atoms with E-state index in [9.17, 15) is 5.11 Å². The number of phenolic OH excluding ortho intramolecular Hbond substituents is 1. The largest absolute Gasteiger partial charge is 0.504 e. The van der Waals surface area contributed by atoms with Crippen molar-refractivity contribution < 1.29 is 9.84 Å². The van der Waals surface area contributed by atoms with Gasteiger partial charge >= 0.3 is 0 Å². The van der Waals surface area contributed by atoms with Gasteiger partial charge in [-0.3, -0.25) is 9.80 Å². The average molecular weight is 374 g/mol. The third kappa shape index (κ3) is 3.88. The minimum atomic E-state index is -0.00416. The molecule has 0 bridgehead atoms. The summed E-state index contributed by atoms with van der Waals surface area (Å²) in [6, 6.07) is 26.8. The van der Waals surface area contributed by atoms with Gasteiger partial charge in [0.2, 0.25) is 0 Å². The molecule has 1 fully saturated rings. The van der Waals surface area contributed by atoms with Crippen LogP contribution in [0.1, 0.15) is 22.9 Å². The van der Waals surface area contributed by atoms with Crippen molar-refractivity contribution in [1.29, 1.82) is 0 Å². The highest BCUT2D eigenvalue weighted by molar-refractivity contribution is 5.47. The second-order valence-corrected chi connectivity index (χ2v) is 7.18. The Hall–Kier alpha value is -2.82. The number of rotatable bonds is 6. The van der Waals surface area contributed by atoms with Gasteiger partial charge in [0.25, 0.3) is 0 Å². The monoisotopic (exact) mass is 374 g/mol. The summed E-state index contributed by atoms with van der Waals surface area (Å²) < 4.78 is 5.37. The molecule has 1 heterocycles. The number of benzene rings is 3. The highest BCUT2D eigenvalue weighted by Gasteiger charge is 2.35. The van der Waals surface area contributed by atoms with Crippen molar-refractivity contribution in [3.05, 3.63) is 95.6 Å². The lowest BCUT2D eigenvalue weighted by atomic mass is 10.1. The predicted octanol–water partition coefficient (Wildman–Crippen LogP) is 4.42. The van der Waals surface area contributed by atoms with E-state index in [2.05, 4.69) is 58.3 Å². The van der Waals surface area contributed by atoms with Crippen molar-refractivity contribution in [3.63, 3.8) is 0 Å². The van der Waals surface area contributed by atoms with Crippen molar-refractivity contribution >= 4 is 0 Å². The average Bonchev–Trinajstić information content (AvgIpc) is 3.11. The highest BCUT2D eigenvalue weighted by atomic mass is 16.5. The summed E-state index contributed by atoms with van der Waals surface area (Å²) in [4.78, 5) is 4.85. The number of ether oxygens (including phenoxy) is 1. The molecule has 1 aliphatic heterocycles. The van der Waals surface area contributed by atoms with Gasteiger partial charge in [-0.1, -0.05) is 72.8 Å². The van der Waals surface area contributed by atoms with Crippen molar-refractivity contribution in [2.45, 2.75) is 19.3 Å². The van der Waals surface area contributed by atoms with Crippen LogP contribution in [0, 0.1) is 0 Å². The zero-order chi connectivity index (χ0) is 19.3. The predicted molar refractivity (Wildman–Crippen MR) is 111 cm³/mol. The van der Waals surface area contributed by atoms with Crippen LogP contribution in [0.2, 0.25) is 0 Å². The zero-order valence-corrected chi connectivity index (χ0v) is 16.2. The molecule has 0 aromatic heterocycles. The lowest BCUT2D eigenvalue weighted by molar-refractivity contribution is 0.122. The Labute approximate surface area is 166 Å². The van der Waals surface area contributed by atoms with Gasteiger partial charge in [-0.2, -0.15) is 0 Å². The lowest BCUT2D eigenvalue weighted by Gasteiger charge is -2.31. The summed E-state index contributed by atoms with van der Waals surface area (Å²) in [5.41, 5.74) is 3.44. The first-order valence-corrected chi connectivity index (χ1v) is 9.68. The summed E-state index contributed by atoms with van der Waals surface area (Å²) in [6.07, 6.45) is -0.00416. The quantitative estimate of drug-likeness (QED) is 0.693. The molecule has 4 nitrogen and oxygen atoms in total. The molecule has 1 N–H and O–H groups in total. The number of methoxy groups -OCH3 is 1. The molecule has 0 atom stereocenters. The van der Waals surface area contributed by atoms with Crippen LogP contribution in [0.5, 0.6) is 11.5 Å². The maximum atomic E-state index is 10.8. The second kappa shape index (κ2) is 8.46. The fourth-order valence-electron chi connectivity index (χ4n) is 4.01. The first-order chi connectivity index (χ1) is 13.8. The van der Waals surface area contributed by atoms with Crippen LogP contribution >= 0.6 is 0 Å². The Kier molecular flexibility index (Phi) is 5.60. The Morgan fingerprint density at radius 3 is 1.82 bits per heavy atom. The molecule has 3 aromatic rings. The molecule has 4 heteroatoms. The summed E-state index contributed by atoms with van der Waals surface area (Å²) in [6.45, 7) is 3.58. The first-order valence-electron chi connectivity index (χ1n) is 9.68. The molecule has 0 aliphatic carbocycles. The molecular weight excluding hydrogens is 348 g/mol. The second-order valence-electron chi connectivity index (χ2n) is 7.18. The van der Waals surface area contributed by atoms with Crippen LogP contribution in [0.3, 0.4) is 0 Å². The van der Waals surface area contributed by atoms with Gasteiger partial charge in [0, 0.05) is 31.7 Å². The normalized spacial score (nSPS) is 15.8. The number of aromatic hydroxyl groups is 1. The highest BCUT2D eigenvalue weighted by Crippen LogP contribution is 2.40. The molecule has 0 saturated carbocycles. The topological polar surface area (TPSA) is 35.9 Å². The summed E-state index contributed by atoms with van der Waals surface area (Å²) >= 11 is 0. The minimum Gasteiger partial charge on any atom is -0.504 e. The molecule has 0 unspecified atom stereocenters. The van der Waals surface area contributed by atoms with Crippen LogP contribution in [0.15, 0.2) is 78.9 Å². The Bertz CT molecular complexity index is 849. The number of phenols is 1. The molecule has 144 valence electrons. The molecule has 0 amide bonds. The van der Waals surface area contributed by atoms with E-state index in [1.165, 1.54) is 11.1 Å². The van der Waals surface area contributed by atoms with E-state index in [0.29, 0.717) is 5.75 Å². The van der Waals surface area contributed by atoms with Crippen LogP contribution in [0.25, 0.3) is 0 Å². The molecule has 0 spiro atoms. The molecule has 3 aromatic carbocycles. The Morgan fingerprint density at radius 1 is 0.786 bits per heavy atom. The number of para-hydroxylation sites is 1. The van der Waals surface area contributed by atoms with Gasteiger partial charge < -0.3 is 9.84 Å². The van der Waals surface area contributed by atoms with Gasteiger partial charge in [0.1, 0.15) is 0 Å². The van der Waals surface area contributed by atoms with Crippen molar-refractivity contribution in [2.75, 3.05) is 20.2 Å². The number of hydrogen-bond donors (Lipinski definition) is 1. The molecule has 4 rings (SSSR count). The van der Waals surface area contributed by atoms with Gasteiger partial charge in [0.15, 0.2) is 11.5 Å². The van der Waals surface area contributed by atoms with E-state index in [-0.39, 0.29) is 11.9 Å². The van der Waals surface area contributed by atoms with Crippen LogP contribution in [0.4, 0.5) is 0 Å². The fourth-order valence-corrected chi connectivity index (χ4v) is 4.01. The van der Waals surface area contributed by atoms with Gasteiger partial charge in [-0.05, 0) is 17.2 Å². The van der Waals surface area contributed by atoms with Crippen LogP contribution in [-0.2, 0) is 13.1 Å². The van der Waals surface area contributed by atoms with Crippen LogP contribution < -0.4 is 4.74 Å². The smallest absolute Gasteiger partial charge is 0.163 e. The van der Waals surface area contributed by atoms with Gasteiger partial charge in [-0.15, -0.1) is 0 Å². The van der Waals surface area contributed by atoms with Gasteiger partial charge in [-0.25, -0.2) is 0 Å². The molecule has 1 aliphatic rings. The fraction of sp³-hybridized carbons (Fsp3) is 0.250. The van der Waals surface area contributed by atoms with Crippen molar-refractivity contribution in [1.82, 2.24) is 9.80 Å². The number of nitrogens with zero attached hydrogens (tertiary/aromatic N) is 2. The maximum Gasteiger partial charge on any atom is 0.163 e. The SMILES string of the molecule is COc1cccc(C2N(Cc3ccccc3)CCN2Cc2ccccc2)c1O. The molecule has 28 heavy (non-hydrogen) atoms. The first kappa shape index (κ1) is 18.5. The van der Waals surface area contributed by atoms with E-state index < -0.39 is 0 Å². The molecule has 1 saturated heterocycles. The van der Waals surface area contributed by atoms with Crippen molar-refractivity contribution in [2.24, 2.45) is 0 Å². The summed E-state index contributed by atoms with van der Waals surface area (Å²) in [7, 11) is 1.59. The van der Waals surface area contributed by atoms with E-state index in [1.54, 1.807) is 13.2 Å². The maximum absolute atomic E-state index is 10.8. The van der Waals surface area contributed by atoms with E-state index in [4.69, 9.17) is 4.74 Å². The third-order valence-corrected chi connectivity index (χ3v) is 5.35. The Balaban J connectivity index is 1.67. The Morgan fingerprint density at radius 2 is 1.32 bits per heavy atom. The summed E-state index contributed by atoms with van der Waals surface area (Å²) in [5, 5.41) is 10.8. The van der Waals surface area contributed by atoms with Gasteiger partial charge in [0.05, 0.1) is 13.3 Å². The zero-order valence-electron chi connectivity index (χ0n) is 16.2. The van der Waals surface area contributed by atoms with E-state index >= 15 is 0 Å². The minimum absolute atomic E-state index is 0.00416. The van der Waals surface area contributed by atoms with Crippen LogP contribution in [-0.4, -0.2) is 35.1 Å².